The van der Waals surface area contributed by atoms with Crippen molar-refractivity contribution in [3.05, 3.63) is 88.2 Å². The van der Waals surface area contributed by atoms with Crippen LogP contribution in [0.1, 0.15) is 41.9 Å². The second kappa shape index (κ2) is 9.57. The maximum atomic E-state index is 12.8. The summed E-state index contributed by atoms with van der Waals surface area (Å²) < 4.78 is 27.4. The standard InChI is InChI=1S/C23H23N5O5S/c1-15(20-7-2-3-12-24-20)25-21-11-8-16(13-22(21)28(30)31)23(29)26-18-5-4-6-19(14-18)34(32,33)27-17-9-10-17/h2-8,11-15,17,25,27H,9-10H2,1H3,(H,26,29). The number of carbonyl (C=O) groups excluding carboxylic acids is 1. The van der Waals surface area contributed by atoms with E-state index in [2.05, 4.69) is 20.3 Å². The van der Waals surface area contributed by atoms with Gasteiger partial charge in [-0.15, -0.1) is 0 Å². The summed E-state index contributed by atoms with van der Waals surface area (Å²) in [6.45, 7) is 1.83. The van der Waals surface area contributed by atoms with Gasteiger partial charge in [-0.2, -0.15) is 0 Å². The third-order valence-electron chi connectivity index (χ3n) is 5.26. The van der Waals surface area contributed by atoms with Gasteiger partial charge in [0.1, 0.15) is 5.69 Å². The van der Waals surface area contributed by atoms with Crippen LogP contribution in [0.15, 0.2) is 71.8 Å². The van der Waals surface area contributed by atoms with Gasteiger partial charge in [0.25, 0.3) is 11.6 Å². The predicted octanol–water partition coefficient (Wildman–Crippen LogP) is 3.86. The second-order valence-corrected chi connectivity index (χ2v) is 9.70. The molecule has 1 heterocycles. The van der Waals surface area contributed by atoms with Crippen LogP contribution in [0, 0.1) is 10.1 Å². The fourth-order valence-corrected chi connectivity index (χ4v) is 4.67. The number of hydrogen-bond donors (Lipinski definition) is 3. The summed E-state index contributed by atoms with van der Waals surface area (Å²) in [4.78, 5) is 28.1. The van der Waals surface area contributed by atoms with Crippen molar-refractivity contribution < 1.29 is 18.1 Å². The van der Waals surface area contributed by atoms with Gasteiger partial charge in [0.05, 0.1) is 21.6 Å². The van der Waals surface area contributed by atoms with Crippen LogP contribution in [-0.4, -0.2) is 30.3 Å². The number of nitro groups is 1. The lowest BCUT2D eigenvalue weighted by Gasteiger charge is -2.15. The lowest BCUT2D eigenvalue weighted by atomic mass is 10.1. The summed E-state index contributed by atoms with van der Waals surface area (Å²) in [6.07, 6.45) is 3.25. The molecular weight excluding hydrogens is 458 g/mol. The van der Waals surface area contributed by atoms with E-state index in [1.165, 1.54) is 36.4 Å². The first-order valence-corrected chi connectivity index (χ1v) is 12.1. The van der Waals surface area contributed by atoms with E-state index in [1.807, 2.05) is 13.0 Å². The van der Waals surface area contributed by atoms with E-state index in [0.717, 1.165) is 12.8 Å². The zero-order valence-corrected chi connectivity index (χ0v) is 19.1. The molecule has 0 spiro atoms. The lowest BCUT2D eigenvalue weighted by molar-refractivity contribution is -0.384. The molecule has 11 heteroatoms. The summed E-state index contributed by atoms with van der Waals surface area (Å²) in [5.41, 5.74) is 1.02. The van der Waals surface area contributed by atoms with E-state index in [0.29, 0.717) is 5.69 Å². The van der Waals surface area contributed by atoms with Crippen molar-refractivity contribution in [2.45, 2.75) is 36.7 Å². The van der Waals surface area contributed by atoms with Gasteiger partial charge < -0.3 is 10.6 Å². The van der Waals surface area contributed by atoms with Gasteiger partial charge in [0, 0.05) is 29.6 Å². The van der Waals surface area contributed by atoms with Crippen molar-refractivity contribution in [1.82, 2.24) is 9.71 Å². The summed E-state index contributed by atoms with van der Waals surface area (Å²) >= 11 is 0. The molecule has 34 heavy (non-hydrogen) atoms. The van der Waals surface area contributed by atoms with Gasteiger partial charge in [0.15, 0.2) is 0 Å². The molecule has 2 aromatic carbocycles. The van der Waals surface area contributed by atoms with Crippen LogP contribution in [0.5, 0.6) is 0 Å². The molecule has 1 unspecified atom stereocenters. The number of benzene rings is 2. The van der Waals surface area contributed by atoms with E-state index in [9.17, 15) is 23.3 Å². The number of nitrogens with one attached hydrogen (secondary N) is 3. The normalized spacial score (nSPS) is 14.3. The Morgan fingerprint density at radius 3 is 2.59 bits per heavy atom. The molecule has 1 aromatic heterocycles. The minimum Gasteiger partial charge on any atom is -0.371 e. The molecular formula is C23H23N5O5S. The molecule has 1 aliphatic carbocycles. The number of nitrogens with zero attached hydrogens (tertiary/aromatic N) is 2. The van der Waals surface area contributed by atoms with Crippen LogP contribution in [0.25, 0.3) is 0 Å². The predicted molar refractivity (Wildman–Crippen MR) is 127 cm³/mol. The summed E-state index contributed by atoms with van der Waals surface area (Å²) in [7, 11) is -3.68. The first-order chi connectivity index (χ1) is 16.2. The molecule has 4 rings (SSSR count). The Balaban J connectivity index is 1.52. The molecule has 0 radical (unpaired) electrons. The van der Waals surface area contributed by atoms with E-state index in [4.69, 9.17) is 0 Å². The number of amides is 1. The first kappa shape index (κ1) is 23.3. The molecule has 3 N–H and O–H groups in total. The Hall–Kier alpha value is -3.83. The van der Waals surface area contributed by atoms with Crippen molar-refractivity contribution >= 4 is 33.0 Å². The van der Waals surface area contributed by atoms with Gasteiger partial charge >= 0.3 is 0 Å². The van der Waals surface area contributed by atoms with Crippen LogP contribution >= 0.6 is 0 Å². The van der Waals surface area contributed by atoms with Crippen LogP contribution in [0.4, 0.5) is 17.1 Å². The number of sulfonamides is 1. The molecule has 3 aromatic rings. The third-order valence-corrected chi connectivity index (χ3v) is 6.78. The van der Waals surface area contributed by atoms with Crippen molar-refractivity contribution in [2.24, 2.45) is 0 Å². The third kappa shape index (κ3) is 5.56. The molecule has 1 aliphatic rings. The van der Waals surface area contributed by atoms with Crippen LogP contribution in [-0.2, 0) is 10.0 Å². The quantitative estimate of drug-likeness (QED) is 0.311. The minimum atomic E-state index is -3.68. The van der Waals surface area contributed by atoms with Crippen LogP contribution < -0.4 is 15.4 Å². The largest absolute Gasteiger partial charge is 0.371 e. The number of pyridine rings is 1. The van der Waals surface area contributed by atoms with Gasteiger partial charge in [0.2, 0.25) is 10.0 Å². The summed E-state index contributed by atoms with van der Waals surface area (Å²) in [6, 6.07) is 15.0. The van der Waals surface area contributed by atoms with E-state index < -0.39 is 20.9 Å². The Morgan fingerprint density at radius 1 is 1.12 bits per heavy atom. The Morgan fingerprint density at radius 2 is 1.91 bits per heavy atom. The smallest absolute Gasteiger partial charge is 0.293 e. The Labute approximate surface area is 196 Å². The van der Waals surface area contributed by atoms with Crippen LogP contribution in [0.2, 0.25) is 0 Å². The topological polar surface area (TPSA) is 143 Å². The maximum Gasteiger partial charge on any atom is 0.293 e. The van der Waals surface area contributed by atoms with Crippen molar-refractivity contribution in [3.63, 3.8) is 0 Å². The zero-order valence-electron chi connectivity index (χ0n) is 18.3. The maximum absolute atomic E-state index is 12.8. The molecule has 1 amide bonds. The van der Waals surface area contributed by atoms with E-state index in [-0.39, 0.29) is 39.6 Å². The van der Waals surface area contributed by atoms with Crippen molar-refractivity contribution in [3.8, 4) is 0 Å². The first-order valence-electron chi connectivity index (χ1n) is 10.6. The highest BCUT2D eigenvalue weighted by Gasteiger charge is 2.28. The number of rotatable bonds is 9. The molecule has 1 fully saturated rings. The highest BCUT2D eigenvalue weighted by molar-refractivity contribution is 7.89. The second-order valence-electron chi connectivity index (χ2n) is 7.99. The number of nitro benzene ring substituents is 1. The molecule has 176 valence electrons. The zero-order chi connectivity index (χ0) is 24.3. The average molecular weight is 482 g/mol. The van der Waals surface area contributed by atoms with E-state index >= 15 is 0 Å². The number of carbonyl (C=O) groups is 1. The van der Waals surface area contributed by atoms with Gasteiger partial charge in [-0.1, -0.05) is 12.1 Å². The lowest BCUT2D eigenvalue weighted by Crippen LogP contribution is -2.25. The molecule has 0 aliphatic heterocycles. The van der Waals surface area contributed by atoms with Gasteiger partial charge in [-0.3, -0.25) is 19.9 Å². The minimum absolute atomic E-state index is 0.0336. The van der Waals surface area contributed by atoms with Crippen LogP contribution in [0.3, 0.4) is 0 Å². The molecule has 0 saturated heterocycles. The highest BCUT2D eigenvalue weighted by Crippen LogP contribution is 2.29. The van der Waals surface area contributed by atoms with Crippen molar-refractivity contribution in [1.29, 1.82) is 0 Å². The molecule has 1 saturated carbocycles. The SMILES string of the molecule is CC(Nc1ccc(C(=O)Nc2cccc(S(=O)(=O)NC3CC3)c2)cc1[N+](=O)[O-])c1ccccn1. The van der Waals surface area contributed by atoms with Gasteiger partial charge in [-0.25, -0.2) is 13.1 Å². The molecule has 10 nitrogen and oxygen atoms in total. The monoisotopic (exact) mass is 481 g/mol. The van der Waals surface area contributed by atoms with Crippen molar-refractivity contribution in [2.75, 3.05) is 10.6 Å². The summed E-state index contributed by atoms with van der Waals surface area (Å²) in [5.74, 6) is -0.600. The molecule has 0 bridgehead atoms. The van der Waals surface area contributed by atoms with Gasteiger partial charge in [-0.05, 0) is 62.2 Å². The number of anilines is 2. The Bertz CT molecular complexity index is 1330. The summed E-state index contributed by atoms with van der Waals surface area (Å²) in [5, 5.41) is 17.3. The number of hydrogen-bond acceptors (Lipinski definition) is 7. The highest BCUT2D eigenvalue weighted by atomic mass is 32.2. The average Bonchev–Trinajstić information content (AvgIpc) is 3.63. The molecule has 1 atom stereocenters. The fraction of sp³-hybridized carbons (Fsp3) is 0.217. The van der Waals surface area contributed by atoms with E-state index in [1.54, 1.807) is 24.4 Å². The fourth-order valence-electron chi connectivity index (χ4n) is 3.32. The Kier molecular flexibility index (Phi) is 6.57. The number of aromatic nitrogens is 1.